The number of anilines is 1. The van der Waals surface area contributed by atoms with E-state index in [0.29, 0.717) is 38.7 Å². The second-order valence-electron chi connectivity index (χ2n) is 7.18. The zero-order chi connectivity index (χ0) is 21.1. The van der Waals surface area contributed by atoms with Gasteiger partial charge in [0.25, 0.3) is 0 Å². The molecule has 1 atom stereocenters. The number of hydrogen-bond donors (Lipinski definition) is 2. The molecule has 10 heteroatoms. The molecule has 2 rings (SSSR count). The highest BCUT2D eigenvalue weighted by atomic mass is 19.4. The first-order chi connectivity index (χ1) is 12.9. The fourth-order valence-electron chi connectivity index (χ4n) is 3.29. The Morgan fingerprint density at radius 3 is 2.25 bits per heavy atom. The predicted molar refractivity (Wildman–Crippen MR) is 92.8 cm³/mol. The maximum Gasteiger partial charge on any atom is 0.471 e. The lowest BCUT2D eigenvalue weighted by Gasteiger charge is -2.37. The highest BCUT2D eigenvalue weighted by Gasteiger charge is 2.40. The number of alkyl halides is 6. The van der Waals surface area contributed by atoms with Crippen LogP contribution in [0.3, 0.4) is 0 Å². The lowest BCUT2D eigenvalue weighted by molar-refractivity contribution is -0.167. The van der Waals surface area contributed by atoms with Crippen LogP contribution in [0.1, 0.15) is 37.4 Å². The number of amides is 1. The molecule has 0 aromatic heterocycles. The van der Waals surface area contributed by atoms with Crippen LogP contribution in [0, 0.1) is 5.92 Å². The number of nitrogens with zero attached hydrogens (tertiary/aromatic N) is 1. The standard InChI is InChI=1S/C18H23F6N3O/c1-11(2)9-15(27-7-5-25-6-8-27)13-4-3-12(10-14(13)17(19,20)21)26-16(28)18(22,23)24/h3-4,10-11,15,25H,5-9H2,1-2H3,(H,26,28). The fraction of sp³-hybridized carbons (Fsp3) is 0.611. The molecule has 1 aromatic carbocycles. The van der Waals surface area contributed by atoms with Crippen LogP contribution < -0.4 is 10.6 Å². The normalized spacial score (nSPS) is 17.6. The first-order valence-corrected chi connectivity index (χ1v) is 8.93. The summed E-state index contributed by atoms with van der Waals surface area (Å²) >= 11 is 0. The van der Waals surface area contributed by atoms with E-state index in [1.807, 2.05) is 18.7 Å². The van der Waals surface area contributed by atoms with Crippen LogP contribution in [0.5, 0.6) is 0 Å². The molecule has 1 unspecified atom stereocenters. The van der Waals surface area contributed by atoms with Gasteiger partial charge in [0, 0.05) is 37.9 Å². The van der Waals surface area contributed by atoms with Crippen molar-refractivity contribution in [2.45, 2.75) is 38.7 Å². The predicted octanol–water partition coefficient (Wildman–Crippen LogP) is 4.20. The smallest absolute Gasteiger partial charge is 0.318 e. The van der Waals surface area contributed by atoms with Gasteiger partial charge in [0.1, 0.15) is 0 Å². The van der Waals surface area contributed by atoms with Gasteiger partial charge < -0.3 is 10.6 Å². The Balaban J connectivity index is 2.43. The van der Waals surface area contributed by atoms with Crippen molar-refractivity contribution in [2.75, 3.05) is 31.5 Å². The topological polar surface area (TPSA) is 44.4 Å². The summed E-state index contributed by atoms with van der Waals surface area (Å²) in [6.45, 7) is 6.24. The molecule has 0 bridgehead atoms. The summed E-state index contributed by atoms with van der Waals surface area (Å²) in [4.78, 5) is 13.0. The quantitative estimate of drug-likeness (QED) is 0.714. The number of nitrogens with one attached hydrogen (secondary N) is 2. The van der Waals surface area contributed by atoms with E-state index in [2.05, 4.69) is 5.32 Å². The van der Waals surface area contributed by atoms with Gasteiger partial charge in [-0.15, -0.1) is 0 Å². The molecular formula is C18H23F6N3O. The van der Waals surface area contributed by atoms with Gasteiger partial charge in [0.2, 0.25) is 0 Å². The second-order valence-corrected chi connectivity index (χ2v) is 7.18. The van der Waals surface area contributed by atoms with Crippen LogP contribution in [0.15, 0.2) is 18.2 Å². The highest BCUT2D eigenvalue weighted by Crippen LogP contribution is 2.40. The van der Waals surface area contributed by atoms with Crippen molar-refractivity contribution in [1.82, 2.24) is 10.2 Å². The van der Waals surface area contributed by atoms with E-state index in [1.54, 1.807) is 0 Å². The van der Waals surface area contributed by atoms with Gasteiger partial charge >= 0.3 is 18.3 Å². The molecule has 0 radical (unpaired) electrons. The van der Waals surface area contributed by atoms with Crippen LogP contribution >= 0.6 is 0 Å². The minimum Gasteiger partial charge on any atom is -0.318 e. The number of halogens is 6. The third-order valence-electron chi connectivity index (χ3n) is 4.52. The minimum atomic E-state index is -5.18. The van der Waals surface area contributed by atoms with Crippen molar-refractivity contribution in [2.24, 2.45) is 5.92 Å². The molecule has 0 aliphatic carbocycles. The fourth-order valence-corrected chi connectivity index (χ4v) is 3.29. The van der Waals surface area contributed by atoms with Crippen LogP contribution in [0.2, 0.25) is 0 Å². The van der Waals surface area contributed by atoms with Crippen molar-refractivity contribution >= 4 is 11.6 Å². The third-order valence-corrected chi connectivity index (χ3v) is 4.52. The van der Waals surface area contributed by atoms with Crippen molar-refractivity contribution in [3.63, 3.8) is 0 Å². The molecule has 4 nitrogen and oxygen atoms in total. The summed E-state index contributed by atoms with van der Waals surface area (Å²) in [6.07, 6.45) is -9.48. The van der Waals surface area contributed by atoms with Gasteiger partial charge in [-0.1, -0.05) is 19.9 Å². The molecule has 1 aliphatic heterocycles. The van der Waals surface area contributed by atoms with Gasteiger partial charge in [-0.25, -0.2) is 0 Å². The van der Waals surface area contributed by atoms with E-state index in [9.17, 15) is 31.1 Å². The monoisotopic (exact) mass is 411 g/mol. The SMILES string of the molecule is CC(C)CC(c1ccc(NC(=O)C(F)(F)F)cc1C(F)(F)F)N1CCNCC1. The summed E-state index contributed by atoms with van der Waals surface area (Å²) in [5.41, 5.74) is -1.56. The van der Waals surface area contributed by atoms with Crippen molar-refractivity contribution in [1.29, 1.82) is 0 Å². The van der Waals surface area contributed by atoms with E-state index in [0.717, 1.165) is 6.07 Å². The van der Waals surface area contributed by atoms with Crippen LogP contribution in [-0.2, 0) is 11.0 Å². The molecule has 1 fully saturated rings. The van der Waals surface area contributed by atoms with E-state index in [1.165, 1.54) is 11.4 Å². The van der Waals surface area contributed by atoms with E-state index in [-0.39, 0.29) is 11.5 Å². The Labute approximate surface area is 159 Å². The van der Waals surface area contributed by atoms with Gasteiger partial charge in [0.05, 0.1) is 5.56 Å². The molecule has 1 aromatic rings. The van der Waals surface area contributed by atoms with Crippen LogP contribution in [-0.4, -0.2) is 43.2 Å². The van der Waals surface area contributed by atoms with E-state index in [4.69, 9.17) is 0 Å². The summed E-state index contributed by atoms with van der Waals surface area (Å²) < 4.78 is 78.3. The van der Waals surface area contributed by atoms with Crippen molar-refractivity contribution < 1.29 is 31.1 Å². The largest absolute Gasteiger partial charge is 0.471 e. The van der Waals surface area contributed by atoms with Gasteiger partial charge in [-0.3, -0.25) is 9.69 Å². The Kier molecular flexibility index (Phi) is 6.97. The van der Waals surface area contributed by atoms with E-state index >= 15 is 0 Å². The molecule has 2 N–H and O–H groups in total. The number of rotatable bonds is 5. The summed E-state index contributed by atoms with van der Waals surface area (Å²) in [5, 5.41) is 4.64. The maximum atomic E-state index is 13.7. The summed E-state index contributed by atoms with van der Waals surface area (Å²) in [7, 11) is 0. The Morgan fingerprint density at radius 2 is 1.75 bits per heavy atom. The minimum absolute atomic E-state index is 0.00751. The Morgan fingerprint density at radius 1 is 1.14 bits per heavy atom. The molecule has 28 heavy (non-hydrogen) atoms. The Bertz CT molecular complexity index is 681. The van der Waals surface area contributed by atoms with E-state index < -0.39 is 35.6 Å². The molecule has 0 saturated carbocycles. The molecule has 158 valence electrons. The molecule has 0 spiro atoms. The average molecular weight is 411 g/mol. The number of carbonyl (C=O) groups is 1. The first kappa shape index (κ1) is 22.5. The summed E-state index contributed by atoms with van der Waals surface area (Å²) in [5.74, 6) is -2.19. The van der Waals surface area contributed by atoms with Gasteiger partial charge in [-0.05, 0) is 30.0 Å². The van der Waals surface area contributed by atoms with Crippen molar-refractivity contribution in [3.8, 4) is 0 Å². The highest BCUT2D eigenvalue weighted by molar-refractivity contribution is 5.95. The third kappa shape index (κ3) is 5.84. The zero-order valence-corrected chi connectivity index (χ0v) is 15.5. The lowest BCUT2D eigenvalue weighted by atomic mass is 9.91. The number of piperazine rings is 1. The maximum absolute atomic E-state index is 13.7. The molecule has 1 amide bonds. The Hall–Kier alpha value is -1.81. The molecule has 1 heterocycles. The molecule has 1 saturated heterocycles. The molecule has 1 aliphatic rings. The number of hydrogen-bond acceptors (Lipinski definition) is 3. The first-order valence-electron chi connectivity index (χ1n) is 8.93. The number of carbonyl (C=O) groups excluding carboxylic acids is 1. The summed E-state index contributed by atoms with van der Waals surface area (Å²) in [6, 6.07) is 2.31. The van der Waals surface area contributed by atoms with Crippen molar-refractivity contribution in [3.05, 3.63) is 29.3 Å². The zero-order valence-electron chi connectivity index (χ0n) is 15.5. The van der Waals surface area contributed by atoms with Crippen LogP contribution in [0.4, 0.5) is 32.0 Å². The average Bonchev–Trinajstić information content (AvgIpc) is 2.59. The molecular weight excluding hydrogens is 388 g/mol. The lowest BCUT2D eigenvalue weighted by Crippen LogP contribution is -2.45. The second kappa shape index (κ2) is 8.69. The number of benzene rings is 1. The van der Waals surface area contributed by atoms with Gasteiger partial charge in [-0.2, -0.15) is 26.3 Å². The van der Waals surface area contributed by atoms with Gasteiger partial charge in [0.15, 0.2) is 0 Å². The van der Waals surface area contributed by atoms with Crippen LogP contribution in [0.25, 0.3) is 0 Å².